The number of halogens is 1. The Bertz CT molecular complexity index is 589. The van der Waals surface area contributed by atoms with E-state index in [2.05, 4.69) is 51.7 Å². The first kappa shape index (κ1) is 26.1. The van der Waals surface area contributed by atoms with Crippen LogP contribution < -0.4 is 10.6 Å². The summed E-state index contributed by atoms with van der Waals surface area (Å²) >= 11 is 0. The molecular weight excluding hydrogens is 483 g/mol. The van der Waals surface area contributed by atoms with E-state index < -0.39 is 0 Å². The van der Waals surface area contributed by atoms with Gasteiger partial charge in [-0.2, -0.15) is 0 Å². The molecule has 1 aliphatic heterocycles. The highest BCUT2D eigenvalue weighted by Gasteiger charge is 2.16. The van der Waals surface area contributed by atoms with Crippen LogP contribution in [0, 0.1) is 0 Å². The lowest BCUT2D eigenvalue weighted by molar-refractivity contribution is -0.0212. The molecule has 1 saturated heterocycles. The van der Waals surface area contributed by atoms with E-state index in [4.69, 9.17) is 14.2 Å². The Morgan fingerprint density at radius 3 is 2.83 bits per heavy atom. The molecule has 1 aromatic carbocycles. The first-order valence-corrected chi connectivity index (χ1v) is 10.1. The van der Waals surface area contributed by atoms with Crippen LogP contribution in [0.25, 0.3) is 0 Å². The van der Waals surface area contributed by atoms with E-state index >= 15 is 0 Å². The third-order valence-electron chi connectivity index (χ3n) is 4.60. The van der Waals surface area contributed by atoms with Crippen molar-refractivity contribution in [2.45, 2.75) is 32.5 Å². The van der Waals surface area contributed by atoms with E-state index in [0.29, 0.717) is 19.3 Å². The number of methoxy groups -OCH3 is 1. The molecule has 0 aliphatic carbocycles. The van der Waals surface area contributed by atoms with Crippen molar-refractivity contribution in [1.82, 2.24) is 15.5 Å². The predicted octanol–water partition coefficient (Wildman–Crippen LogP) is 2.24. The van der Waals surface area contributed by atoms with Gasteiger partial charge in [-0.05, 0) is 24.5 Å². The maximum Gasteiger partial charge on any atom is 0.191 e. The Hall–Kier alpha value is -0.940. The second kappa shape index (κ2) is 15.8. The van der Waals surface area contributed by atoms with Crippen LogP contribution in [0.2, 0.25) is 0 Å². The average Bonchev–Trinajstić information content (AvgIpc) is 2.70. The second-order valence-electron chi connectivity index (χ2n) is 7.05. The fourth-order valence-electron chi connectivity index (χ4n) is 3.16. The lowest BCUT2D eigenvalue weighted by Crippen LogP contribution is -2.40. The van der Waals surface area contributed by atoms with Gasteiger partial charge in [-0.25, -0.2) is 0 Å². The lowest BCUT2D eigenvalue weighted by atomic mass is 10.1. The minimum atomic E-state index is 0. The summed E-state index contributed by atoms with van der Waals surface area (Å²) in [6.07, 6.45) is 1.25. The van der Waals surface area contributed by atoms with Gasteiger partial charge in [0.25, 0.3) is 0 Å². The topological polar surface area (TPSA) is 67.4 Å². The zero-order chi connectivity index (χ0) is 20.0. The van der Waals surface area contributed by atoms with Gasteiger partial charge in [-0.15, -0.1) is 24.0 Å². The first-order chi connectivity index (χ1) is 13.7. The van der Waals surface area contributed by atoms with E-state index in [9.17, 15) is 0 Å². The Kier molecular flexibility index (Phi) is 14.3. The molecular formula is C21H37IN4O3. The molecule has 0 bridgehead atoms. The van der Waals surface area contributed by atoms with Crippen LogP contribution >= 0.6 is 24.0 Å². The molecule has 1 unspecified atom stereocenters. The SMILES string of the molecule is CN=C(NCCCOCCOC)NCc1cccc(CN2CCOC(C)C2)c1.I. The molecule has 0 saturated carbocycles. The second-order valence-corrected chi connectivity index (χ2v) is 7.05. The minimum absolute atomic E-state index is 0. The van der Waals surface area contributed by atoms with Gasteiger partial charge in [0.05, 0.1) is 25.9 Å². The zero-order valence-electron chi connectivity index (χ0n) is 18.0. The van der Waals surface area contributed by atoms with Crippen molar-refractivity contribution in [3.8, 4) is 0 Å². The number of nitrogens with one attached hydrogen (secondary N) is 2. The molecule has 2 N–H and O–H groups in total. The Labute approximate surface area is 192 Å². The van der Waals surface area contributed by atoms with E-state index in [1.807, 2.05) is 0 Å². The first-order valence-electron chi connectivity index (χ1n) is 10.1. The lowest BCUT2D eigenvalue weighted by Gasteiger charge is -2.31. The van der Waals surface area contributed by atoms with Crippen molar-refractivity contribution in [3.05, 3.63) is 35.4 Å². The maximum absolute atomic E-state index is 5.63. The summed E-state index contributed by atoms with van der Waals surface area (Å²) in [7, 11) is 3.47. The number of rotatable bonds is 11. The highest BCUT2D eigenvalue weighted by atomic mass is 127. The molecule has 8 heteroatoms. The van der Waals surface area contributed by atoms with Gasteiger partial charge in [0.15, 0.2) is 5.96 Å². The van der Waals surface area contributed by atoms with Gasteiger partial charge >= 0.3 is 0 Å². The van der Waals surface area contributed by atoms with Crippen LogP contribution in [0.3, 0.4) is 0 Å². The van der Waals surface area contributed by atoms with Gasteiger partial charge in [-0.3, -0.25) is 9.89 Å². The summed E-state index contributed by atoms with van der Waals surface area (Å²) in [6.45, 7) is 9.49. The molecule has 166 valence electrons. The predicted molar refractivity (Wildman–Crippen MR) is 128 cm³/mol. The van der Waals surface area contributed by atoms with Crippen LogP contribution in [0.4, 0.5) is 0 Å². The molecule has 0 aromatic heterocycles. The van der Waals surface area contributed by atoms with Gasteiger partial charge in [0, 0.05) is 53.5 Å². The summed E-state index contributed by atoms with van der Waals surface area (Å²) in [5, 5.41) is 6.70. The van der Waals surface area contributed by atoms with Gasteiger partial charge in [-0.1, -0.05) is 24.3 Å². The highest BCUT2D eigenvalue weighted by Crippen LogP contribution is 2.12. The normalized spacial score (nSPS) is 17.6. The van der Waals surface area contributed by atoms with Gasteiger partial charge < -0.3 is 24.8 Å². The standard InChI is InChI=1S/C21H36N4O3.HI/c1-18-16-25(9-11-28-18)17-20-7-4-6-19(14-20)15-24-21(22-2)23-8-5-10-27-13-12-26-3;/h4,6-7,14,18H,5,8-13,15-17H2,1-3H3,(H2,22,23,24);1H. The van der Waals surface area contributed by atoms with Crippen LogP contribution in [0.15, 0.2) is 29.3 Å². The number of hydrogen-bond acceptors (Lipinski definition) is 5. The summed E-state index contributed by atoms with van der Waals surface area (Å²) in [6, 6.07) is 8.74. The molecule has 1 aromatic rings. The molecule has 1 atom stereocenters. The van der Waals surface area contributed by atoms with E-state index in [1.54, 1.807) is 14.2 Å². The van der Waals surface area contributed by atoms with Crippen LogP contribution in [-0.2, 0) is 27.3 Å². The fourth-order valence-corrected chi connectivity index (χ4v) is 3.16. The summed E-state index contributed by atoms with van der Waals surface area (Å²) in [5.41, 5.74) is 2.59. The quantitative estimate of drug-likeness (QED) is 0.202. The molecule has 0 radical (unpaired) electrons. The van der Waals surface area contributed by atoms with Crippen LogP contribution in [-0.4, -0.2) is 77.2 Å². The molecule has 29 heavy (non-hydrogen) atoms. The monoisotopic (exact) mass is 520 g/mol. The Morgan fingerprint density at radius 2 is 2.07 bits per heavy atom. The number of guanidine groups is 1. The Balaban J connectivity index is 0.00000420. The number of hydrogen-bond donors (Lipinski definition) is 2. The van der Waals surface area contributed by atoms with Crippen LogP contribution in [0.1, 0.15) is 24.5 Å². The molecule has 2 rings (SSSR count). The fraction of sp³-hybridized carbons (Fsp3) is 0.667. The zero-order valence-corrected chi connectivity index (χ0v) is 20.3. The van der Waals surface area contributed by atoms with Crippen LogP contribution in [0.5, 0.6) is 0 Å². The number of nitrogens with zero attached hydrogens (tertiary/aromatic N) is 2. The number of aliphatic imine (C=N–C) groups is 1. The molecule has 0 spiro atoms. The van der Waals surface area contributed by atoms with Gasteiger partial charge in [0.2, 0.25) is 0 Å². The van der Waals surface area contributed by atoms with Crippen molar-refractivity contribution in [2.75, 3.05) is 60.2 Å². The molecule has 7 nitrogen and oxygen atoms in total. The number of benzene rings is 1. The summed E-state index contributed by atoms with van der Waals surface area (Å²) in [5.74, 6) is 0.810. The molecule has 1 heterocycles. The van der Waals surface area contributed by atoms with Crippen molar-refractivity contribution >= 4 is 29.9 Å². The Morgan fingerprint density at radius 1 is 1.24 bits per heavy atom. The molecule has 0 amide bonds. The molecule has 1 aliphatic rings. The number of ether oxygens (including phenoxy) is 3. The van der Waals surface area contributed by atoms with Crippen molar-refractivity contribution in [3.63, 3.8) is 0 Å². The molecule has 1 fully saturated rings. The van der Waals surface area contributed by atoms with E-state index in [0.717, 1.165) is 58.3 Å². The highest BCUT2D eigenvalue weighted by molar-refractivity contribution is 14.0. The van der Waals surface area contributed by atoms with Crippen molar-refractivity contribution < 1.29 is 14.2 Å². The smallest absolute Gasteiger partial charge is 0.191 e. The van der Waals surface area contributed by atoms with E-state index in [-0.39, 0.29) is 24.0 Å². The summed E-state index contributed by atoms with van der Waals surface area (Å²) < 4.78 is 16.0. The maximum atomic E-state index is 5.63. The minimum Gasteiger partial charge on any atom is -0.382 e. The third-order valence-corrected chi connectivity index (χ3v) is 4.60. The average molecular weight is 520 g/mol. The van der Waals surface area contributed by atoms with E-state index in [1.165, 1.54) is 11.1 Å². The van der Waals surface area contributed by atoms with Crippen molar-refractivity contribution in [2.24, 2.45) is 4.99 Å². The van der Waals surface area contributed by atoms with Crippen molar-refractivity contribution in [1.29, 1.82) is 0 Å². The third kappa shape index (κ3) is 11.1. The summed E-state index contributed by atoms with van der Waals surface area (Å²) in [4.78, 5) is 6.74. The van der Waals surface area contributed by atoms with Gasteiger partial charge in [0.1, 0.15) is 0 Å². The number of morpholine rings is 1. The largest absolute Gasteiger partial charge is 0.382 e.